The second-order valence-corrected chi connectivity index (χ2v) is 3.68. The second-order valence-electron chi connectivity index (χ2n) is 3.68. The summed E-state index contributed by atoms with van der Waals surface area (Å²) in [6.45, 7) is 1.99. The molecule has 0 bridgehead atoms. The minimum absolute atomic E-state index is 0.0834. The Kier molecular flexibility index (Phi) is 3.21. The van der Waals surface area contributed by atoms with Crippen molar-refractivity contribution in [3.63, 3.8) is 0 Å². The topological polar surface area (TPSA) is 76.8 Å². The van der Waals surface area contributed by atoms with Crippen LogP contribution in [0.4, 0.5) is 0 Å². The van der Waals surface area contributed by atoms with E-state index < -0.39 is 4.90 Å². The Morgan fingerprint density at radius 1 is 1.12 bits per heavy atom. The van der Waals surface area contributed by atoms with Crippen LogP contribution in [-0.4, -0.2) is 34.4 Å². The zero-order chi connectivity index (χ0) is 11.4. The van der Waals surface area contributed by atoms with Crippen molar-refractivity contribution in [2.24, 2.45) is 5.10 Å². The number of hydrazine groups is 1. The molecule has 1 heterocycles. The Balaban J connectivity index is 1.93. The van der Waals surface area contributed by atoms with Crippen LogP contribution >= 0.6 is 0 Å². The van der Waals surface area contributed by atoms with Gasteiger partial charge in [0.2, 0.25) is 5.71 Å². The smallest absolute Gasteiger partial charge is 0.222 e. The van der Waals surface area contributed by atoms with E-state index in [1.54, 1.807) is 12.2 Å². The summed E-state index contributed by atoms with van der Waals surface area (Å²) in [6, 6.07) is 0. The van der Waals surface area contributed by atoms with Gasteiger partial charge in [0.15, 0.2) is 0 Å². The summed E-state index contributed by atoms with van der Waals surface area (Å²) in [4.78, 5) is -0.419. The number of nitrogens with zero attached hydrogens (tertiary/aromatic N) is 3. The average molecular weight is 221 g/mol. The van der Waals surface area contributed by atoms with Crippen molar-refractivity contribution in [2.45, 2.75) is 12.8 Å². The number of hydrazone groups is 1. The Labute approximate surface area is 93.4 Å². The standard InChI is InChI=1S/C10H13N4O2/c15-14(16)10-5-3-9(4-6-10)11-12-13-7-1-2-8-13/h3-6,12H,1-2,7-8H2/q-1. The van der Waals surface area contributed by atoms with Gasteiger partial charge in [0, 0.05) is 25.2 Å². The molecule has 0 unspecified atom stereocenters. The maximum Gasteiger partial charge on any atom is 0.222 e. The predicted octanol–water partition coefficient (Wildman–Crippen LogP) is 0.518. The maximum absolute atomic E-state index is 10.4. The number of nitrogens with one attached hydrogen (secondary N) is 1. The van der Waals surface area contributed by atoms with Gasteiger partial charge in [-0.05, 0) is 25.0 Å². The largest absolute Gasteiger partial charge is 0.612 e. The molecule has 2 rings (SSSR count). The number of hydrogen-bond acceptors (Lipinski definition) is 5. The van der Waals surface area contributed by atoms with Gasteiger partial charge in [-0.15, -0.1) is 0 Å². The summed E-state index contributed by atoms with van der Waals surface area (Å²) >= 11 is 0. The molecule has 1 aliphatic carbocycles. The van der Waals surface area contributed by atoms with Gasteiger partial charge in [-0.2, -0.15) is 10.0 Å². The van der Waals surface area contributed by atoms with E-state index in [-0.39, 0.29) is 5.71 Å². The maximum atomic E-state index is 10.4. The molecular weight excluding hydrogens is 208 g/mol. The first-order valence-corrected chi connectivity index (χ1v) is 5.21. The van der Waals surface area contributed by atoms with E-state index in [9.17, 15) is 10.4 Å². The van der Waals surface area contributed by atoms with Crippen molar-refractivity contribution in [3.05, 3.63) is 34.7 Å². The molecule has 0 radical (unpaired) electrons. The van der Waals surface area contributed by atoms with E-state index in [1.165, 1.54) is 25.0 Å². The van der Waals surface area contributed by atoms with E-state index >= 15 is 0 Å². The Morgan fingerprint density at radius 3 is 2.31 bits per heavy atom. The van der Waals surface area contributed by atoms with Gasteiger partial charge in [-0.25, -0.2) is 10.5 Å². The molecule has 1 fully saturated rings. The second kappa shape index (κ2) is 4.80. The van der Waals surface area contributed by atoms with Crippen molar-refractivity contribution in [3.8, 4) is 0 Å². The van der Waals surface area contributed by atoms with Crippen LogP contribution in [0, 0.1) is 10.4 Å². The highest BCUT2D eigenvalue weighted by atomic mass is 16.8. The van der Waals surface area contributed by atoms with Crippen LogP contribution in [0.2, 0.25) is 0 Å². The Hall–Kier alpha value is -1.82. The van der Waals surface area contributed by atoms with Crippen molar-refractivity contribution in [1.29, 1.82) is 0 Å². The van der Waals surface area contributed by atoms with Gasteiger partial charge < -0.3 is 10.4 Å². The van der Waals surface area contributed by atoms with Crippen LogP contribution in [0.15, 0.2) is 29.4 Å². The lowest BCUT2D eigenvalue weighted by atomic mass is 10.1. The van der Waals surface area contributed by atoms with E-state index in [4.69, 9.17) is 0 Å². The van der Waals surface area contributed by atoms with Crippen molar-refractivity contribution in [1.82, 2.24) is 10.5 Å². The van der Waals surface area contributed by atoms with Gasteiger partial charge in [0.25, 0.3) is 0 Å². The van der Waals surface area contributed by atoms with Crippen LogP contribution in [-0.2, 0) is 0 Å². The molecule has 0 aromatic rings. The molecule has 0 amide bonds. The highest BCUT2D eigenvalue weighted by Crippen LogP contribution is 2.04. The molecule has 0 aromatic heterocycles. The summed E-state index contributed by atoms with van der Waals surface area (Å²) in [6.07, 6.45) is 8.52. The average Bonchev–Trinajstić information content (AvgIpc) is 2.80. The first-order chi connectivity index (χ1) is 7.75. The van der Waals surface area contributed by atoms with Crippen LogP contribution in [0.1, 0.15) is 12.8 Å². The normalized spacial score (nSPS) is 20.2. The SMILES string of the molecule is [O-][N+]([O-])=C1C=CC(=NNN2CCCC2)C=C1. The molecule has 0 aromatic carbocycles. The zero-order valence-corrected chi connectivity index (χ0v) is 8.80. The molecule has 6 nitrogen and oxygen atoms in total. The number of rotatable bonds is 2. The molecule has 1 saturated heterocycles. The highest BCUT2D eigenvalue weighted by Gasteiger charge is 2.10. The quantitative estimate of drug-likeness (QED) is 0.419. The summed E-state index contributed by atoms with van der Waals surface area (Å²) in [7, 11) is 0. The Bertz CT molecular complexity index is 356. The van der Waals surface area contributed by atoms with Crippen molar-refractivity contribution >= 4 is 11.4 Å². The van der Waals surface area contributed by atoms with Gasteiger partial charge in [0.05, 0.1) is 5.71 Å². The molecule has 0 spiro atoms. The summed E-state index contributed by atoms with van der Waals surface area (Å²) < 4.78 is 0. The lowest BCUT2D eigenvalue weighted by Crippen LogP contribution is -2.31. The lowest BCUT2D eigenvalue weighted by Gasteiger charge is -2.13. The molecule has 1 aliphatic heterocycles. The first-order valence-electron chi connectivity index (χ1n) is 5.21. The third kappa shape index (κ3) is 2.60. The molecule has 16 heavy (non-hydrogen) atoms. The minimum atomic E-state index is -0.419. The third-order valence-electron chi connectivity index (χ3n) is 2.49. The van der Waals surface area contributed by atoms with Crippen molar-refractivity contribution < 1.29 is 4.90 Å². The fourth-order valence-electron chi connectivity index (χ4n) is 1.59. The van der Waals surface area contributed by atoms with Gasteiger partial charge in [-0.3, -0.25) is 0 Å². The molecular formula is C10H13N4O2-. The number of allylic oxidation sites excluding steroid dienone is 4. The lowest BCUT2D eigenvalue weighted by molar-refractivity contribution is -0.377. The fraction of sp³-hybridized carbons (Fsp3) is 0.400. The molecule has 6 heteroatoms. The van der Waals surface area contributed by atoms with Crippen LogP contribution in [0.3, 0.4) is 0 Å². The van der Waals surface area contributed by atoms with Gasteiger partial charge in [-0.1, -0.05) is 0 Å². The highest BCUT2D eigenvalue weighted by molar-refractivity contribution is 6.16. The monoisotopic (exact) mass is 221 g/mol. The van der Waals surface area contributed by atoms with Crippen LogP contribution in [0.5, 0.6) is 0 Å². The molecule has 86 valence electrons. The zero-order valence-electron chi connectivity index (χ0n) is 8.80. The van der Waals surface area contributed by atoms with Crippen molar-refractivity contribution in [2.75, 3.05) is 13.1 Å². The van der Waals surface area contributed by atoms with Crippen LogP contribution < -0.4 is 5.53 Å². The van der Waals surface area contributed by atoms with E-state index in [2.05, 4.69) is 10.6 Å². The minimum Gasteiger partial charge on any atom is -0.612 e. The first kappa shape index (κ1) is 10.7. The summed E-state index contributed by atoms with van der Waals surface area (Å²) in [5, 5.41) is 27.0. The predicted molar refractivity (Wildman–Crippen MR) is 61.7 cm³/mol. The third-order valence-corrected chi connectivity index (χ3v) is 2.49. The summed E-state index contributed by atoms with van der Waals surface area (Å²) in [5.41, 5.74) is 3.71. The Morgan fingerprint density at radius 2 is 1.75 bits per heavy atom. The summed E-state index contributed by atoms with van der Waals surface area (Å²) in [5.74, 6) is 0. The molecule has 1 N–H and O–H groups in total. The van der Waals surface area contributed by atoms with Gasteiger partial charge >= 0.3 is 0 Å². The van der Waals surface area contributed by atoms with E-state index in [0.717, 1.165) is 13.1 Å². The fourth-order valence-corrected chi connectivity index (χ4v) is 1.59. The van der Waals surface area contributed by atoms with E-state index in [1.807, 2.05) is 5.01 Å². The number of hydrogen-bond donors (Lipinski definition) is 1. The van der Waals surface area contributed by atoms with E-state index in [0.29, 0.717) is 5.71 Å². The van der Waals surface area contributed by atoms with Crippen LogP contribution in [0.25, 0.3) is 0 Å². The van der Waals surface area contributed by atoms with Gasteiger partial charge in [0.1, 0.15) is 0 Å². The molecule has 0 atom stereocenters. The molecule has 2 aliphatic rings. The molecule has 0 saturated carbocycles.